The highest BCUT2D eigenvalue weighted by Crippen LogP contribution is 2.18. The molecule has 0 bridgehead atoms. The maximum atomic E-state index is 5.86. The summed E-state index contributed by atoms with van der Waals surface area (Å²) in [6.07, 6.45) is 0. The second kappa shape index (κ2) is 6.04. The van der Waals surface area contributed by atoms with Crippen molar-refractivity contribution in [2.75, 3.05) is 19.0 Å². The van der Waals surface area contributed by atoms with Crippen molar-refractivity contribution in [2.45, 2.75) is 19.5 Å². The van der Waals surface area contributed by atoms with Gasteiger partial charge in [-0.15, -0.1) is 5.10 Å². The second-order valence-electron chi connectivity index (χ2n) is 4.42. The number of anilines is 1. The molecule has 0 aliphatic rings. The summed E-state index contributed by atoms with van der Waals surface area (Å²) >= 11 is 5.86. The number of halogens is 1. The number of rotatable bonds is 5. The second-order valence-corrected chi connectivity index (χ2v) is 4.85. The van der Waals surface area contributed by atoms with Gasteiger partial charge in [-0.1, -0.05) is 28.8 Å². The van der Waals surface area contributed by atoms with Crippen LogP contribution in [0.1, 0.15) is 24.4 Å². The first-order valence-corrected chi connectivity index (χ1v) is 6.44. The number of hydrogen-bond donors (Lipinski definition) is 1. The van der Waals surface area contributed by atoms with Gasteiger partial charge in [0.05, 0.1) is 6.04 Å². The van der Waals surface area contributed by atoms with E-state index in [-0.39, 0.29) is 6.04 Å². The van der Waals surface area contributed by atoms with Crippen molar-refractivity contribution in [3.63, 3.8) is 0 Å². The Labute approximate surface area is 117 Å². The lowest BCUT2D eigenvalue weighted by atomic mass is 10.2. The molecule has 0 aliphatic carbocycles. The van der Waals surface area contributed by atoms with Crippen molar-refractivity contribution in [1.82, 2.24) is 15.5 Å². The molecule has 0 radical (unpaired) electrons. The van der Waals surface area contributed by atoms with E-state index in [1.165, 1.54) is 0 Å². The number of hydrogen-bond acceptors (Lipinski definition) is 5. The zero-order valence-corrected chi connectivity index (χ0v) is 12.0. The molecule has 5 nitrogen and oxygen atoms in total. The van der Waals surface area contributed by atoms with Crippen LogP contribution >= 0.6 is 11.6 Å². The Morgan fingerprint density at radius 1 is 1.32 bits per heavy atom. The Kier molecular flexibility index (Phi) is 4.39. The Morgan fingerprint density at radius 3 is 2.63 bits per heavy atom. The smallest absolute Gasteiger partial charge is 0.318 e. The lowest BCUT2D eigenvalue weighted by Gasteiger charge is -2.14. The summed E-state index contributed by atoms with van der Waals surface area (Å²) in [7, 11) is 3.77. The van der Waals surface area contributed by atoms with Gasteiger partial charge >= 0.3 is 6.01 Å². The van der Waals surface area contributed by atoms with E-state index in [2.05, 4.69) is 15.5 Å². The minimum Gasteiger partial charge on any atom is -0.406 e. The molecule has 1 unspecified atom stereocenters. The van der Waals surface area contributed by atoms with E-state index in [0.717, 1.165) is 10.6 Å². The molecular formula is C13H17ClN4O. The topological polar surface area (TPSA) is 54.2 Å². The van der Waals surface area contributed by atoms with Crippen molar-refractivity contribution < 1.29 is 4.42 Å². The fraction of sp³-hybridized carbons (Fsp3) is 0.385. The molecule has 1 N–H and O–H groups in total. The third-order valence-electron chi connectivity index (χ3n) is 2.89. The first-order valence-electron chi connectivity index (χ1n) is 6.06. The summed E-state index contributed by atoms with van der Waals surface area (Å²) in [5.74, 6) is 0.584. The van der Waals surface area contributed by atoms with Gasteiger partial charge < -0.3 is 14.6 Å². The highest BCUT2D eigenvalue weighted by Gasteiger charge is 2.14. The number of aromatic nitrogens is 2. The third-order valence-corrected chi connectivity index (χ3v) is 3.14. The van der Waals surface area contributed by atoms with Crippen LogP contribution in [-0.4, -0.2) is 24.3 Å². The van der Waals surface area contributed by atoms with Gasteiger partial charge in [0.1, 0.15) is 0 Å². The molecule has 2 rings (SSSR count). The molecule has 0 amide bonds. The molecule has 0 aliphatic heterocycles. The van der Waals surface area contributed by atoms with Crippen molar-refractivity contribution >= 4 is 17.6 Å². The van der Waals surface area contributed by atoms with E-state index < -0.39 is 0 Å². The van der Waals surface area contributed by atoms with Crippen LogP contribution in [0.5, 0.6) is 0 Å². The summed E-state index contributed by atoms with van der Waals surface area (Å²) in [6, 6.07) is 8.25. The lowest BCUT2D eigenvalue weighted by molar-refractivity contribution is 0.432. The largest absolute Gasteiger partial charge is 0.406 e. The molecule has 2 aromatic rings. The predicted octanol–water partition coefficient (Wildman–Crippen LogP) is 2.64. The van der Waals surface area contributed by atoms with E-state index in [4.69, 9.17) is 16.0 Å². The van der Waals surface area contributed by atoms with Crippen LogP contribution in [0.2, 0.25) is 5.02 Å². The molecule has 0 saturated heterocycles. The van der Waals surface area contributed by atoms with E-state index in [0.29, 0.717) is 18.5 Å². The first-order chi connectivity index (χ1) is 9.10. The molecule has 1 atom stereocenters. The van der Waals surface area contributed by atoms with E-state index in [1.54, 1.807) is 0 Å². The third kappa shape index (κ3) is 3.45. The normalized spacial score (nSPS) is 12.4. The van der Waals surface area contributed by atoms with Gasteiger partial charge in [0, 0.05) is 18.6 Å². The Hall–Kier alpha value is -1.59. The van der Waals surface area contributed by atoms with Crippen LogP contribution in [-0.2, 0) is 6.54 Å². The van der Waals surface area contributed by atoms with Crippen LogP contribution < -0.4 is 10.2 Å². The molecule has 0 saturated carbocycles. The van der Waals surface area contributed by atoms with Gasteiger partial charge in [0.25, 0.3) is 0 Å². The average Bonchev–Trinajstić information content (AvgIpc) is 2.90. The molecule has 1 aromatic heterocycles. The standard InChI is InChI=1S/C13H17ClN4O/c1-9(15-2)12-16-17-13(19-12)18(3)8-10-4-6-11(14)7-5-10/h4-7,9,15H,8H2,1-3H3. The SMILES string of the molecule is CNC(C)c1nnc(N(C)Cc2ccc(Cl)cc2)o1. The quantitative estimate of drug-likeness (QED) is 0.912. The summed E-state index contributed by atoms with van der Waals surface area (Å²) in [4.78, 5) is 1.90. The Balaban J connectivity index is 2.05. The predicted molar refractivity (Wildman–Crippen MR) is 75.3 cm³/mol. The zero-order valence-electron chi connectivity index (χ0n) is 11.2. The van der Waals surface area contributed by atoms with Gasteiger partial charge in [0.2, 0.25) is 5.89 Å². The minimum atomic E-state index is 0.0465. The number of nitrogens with one attached hydrogen (secondary N) is 1. The van der Waals surface area contributed by atoms with Crippen molar-refractivity contribution in [3.8, 4) is 0 Å². The highest BCUT2D eigenvalue weighted by atomic mass is 35.5. The average molecular weight is 281 g/mol. The van der Waals surface area contributed by atoms with Crippen molar-refractivity contribution in [1.29, 1.82) is 0 Å². The molecule has 6 heteroatoms. The summed E-state index contributed by atoms with van der Waals surface area (Å²) in [5, 5.41) is 11.9. The lowest BCUT2D eigenvalue weighted by Crippen LogP contribution is -2.16. The summed E-state index contributed by atoms with van der Waals surface area (Å²) in [6.45, 7) is 2.66. The maximum Gasteiger partial charge on any atom is 0.318 e. The van der Waals surface area contributed by atoms with Gasteiger partial charge in [-0.3, -0.25) is 0 Å². The molecule has 1 heterocycles. The van der Waals surface area contributed by atoms with Gasteiger partial charge in [-0.05, 0) is 31.7 Å². The molecule has 19 heavy (non-hydrogen) atoms. The molecule has 102 valence electrons. The molecule has 1 aromatic carbocycles. The Bertz CT molecular complexity index is 526. The van der Waals surface area contributed by atoms with Gasteiger partial charge in [0.15, 0.2) is 0 Å². The first kappa shape index (κ1) is 13.8. The molecule has 0 spiro atoms. The van der Waals surface area contributed by atoms with Crippen molar-refractivity contribution in [3.05, 3.63) is 40.7 Å². The van der Waals surface area contributed by atoms with Crippen LogP contribution in [0.4, 0.5) is 6.01 Å². The van der Waals surface area contributed by atoms with Crippen LogP contribution in [0.25, 0.3) is 0 Å². The maximum absolute atomic E-state index is 5.86. The fourth-order valence-corrected chi connectivity index (χ4v) is 1.74. The molecule has 0 fully saturated rings. The number of nitrogens with zero attached hydrogens (tertiary/aromatic N) is 3. The monoisotopic (exact) mass is 280 g/mol. The fourth-order valence-electron chi connectivity index (χ4n) is 1.61. The molecular weight excluding hydrogens is 264 g/mol. The Morgan fingerprint density at radius 2 is 2.00 bits per heavy atom. The zero-order chi connectivity index (χ0) is 13.8. The van der Waals surface area contributed by atoms with Gasteiger partial charge in [-0.25, -0.2) is 0 Å². The van der Waals surface area contributed by atoms with E-state index >= 15 is 0 Å². The van der Waals surface area contributed by atoms with Crippen LogP contribution in [0.3, 0.4) is 0 Å². The van der Waals surface area contributed by atoms with E-state index in [9.17, 15) is 0 Å². The van der Waals surface area contributed by atoms with Crippen LogP contribution in [0, 0.1) is 0 Å². The summed E-state index contributed by atoms with van der Waals surface area (Å²) in [5.41, 5.74) is 1.13. The highest BCUT2D eigenvalue weighted by molar-refractivity contribution is 6.30. The van der Waals surface area contributed by atoms with Crippen molar-refractivity contribution in [2.24, 2.45) is 0 Å². The summed E-state index contributed by atoms with van der Waals surface area (Å²) < 4.78 is 5.61. The minimum absolute atomic E-state index is 0.0465. The number of benzene rings is 1. The van der Waals surface area contributed by atoms with Crippen LogP contribution in [0.15, 0.2) is 28.7 Å². The van der Waals surface area contributed by atoms with Gasteiger partial charge in [-0.2, -0.15) is 0 Å². The van der Waals surface area contributed by atoms with E-state index in [1.807, 2.05) is 50.2 Å².